The first-order chi connectivity index (χ1) is 16.5. The molecule has 3 heterocycles. The summed E-state index contributed by atoms with van der Waals surface area (Å²) in [4.78, 5) is 5.98. The van der Waals surface area contributed by atoms with E-state index in [0.29, 0.717) is 5.06 Å². The smallest absolute Gasteiger partial charge is 0.307 e. The van der Waals surface area contributed by atoms with Crippen molar-refractivity contribution >= 4 is 64.3 Å². The van der Waals surface area contributed by atoms with Gasteiger partial charge in [0.25, 0.3) is 0 Å². The van der Waals surface area contributed by atoms with E-state index in [-0.39, 0.29) is 0 Å². The van der Waals surface area contributed by atoms with Crippen molar-refractivity contribution in [1.82, 2.24) is 4.98 Å². The maximum absolute atomic E-state index is 12.2. The van der Waals surface area contributed by atoms with Gasteiger partial charge in [-0.15, -0.1) is 22.7 Å². The van der Waals surface area contributed by atoms with Crippen LogP contribution >= 0.6 is 34.0 Å². The zero-order chi connectivity index (χ0) is 23.3. The monoisotopic (exact) mass is 519 g/mol. The Balaban J connectivity index is 1.64. The molecular weight excluding hydrogens is 503 g/mol. The first-order valence-electron chi connectivity index (χ1n) is 10.4. The number of hydrogen-bond acceptors (Lipinski definition) is 7. The number of thiazole rings is 1. The van der Waals surface area contributed by atoms with E-state index in [4.69, 9.17) is 9.17 Å². The highest BCUT2D eigenvalue weighted by Crippen LogP contribution is 2.53. The van der Waals surface area contributed by atoms with Crippen LogP contribution in [-0.4, -0.2) is 19.7 Å². The van der Waals surface area contributed by atoms with Crippen molar-refractivity contribution < 1.29 is 12.6 Å². The van der Waals surface area contributed by atoms with Crippen LogP contribution in [-0.2, 0) is 10.1 Å². The minimum Gasteiger partial charge on any atom is -0.371 e. The van der Waals surface area contributed by atoms with Crippen molar-refractivity contribution in [2.45, 2.75) is 0 Å². The van der Waals surface area contributed by atoms with Gasteiger partial charge in [-0.3, -0.25) is 0 Å². The van der Waals surface area contributed by atoms with E-state index in [1.807, 2.05) is 54.6 Å². The largest absolute Gasteiger partial charge is 0.371 e. The molecule has 0 bridgehead atoms. The third kappa shape index (κ3) is 3.82. The summed E-state index contributed by atoms with van der Waals surface area (Å²) in [5.41, 5.74) is 3.71. The van der Waals surface area contributed by atoms with Crippen LogP contribution in [0, 0.1) is 0 Å². The van der Waals surface area contributed by atoms with E-state index >= 15 is 0 Å². The minimum atomic E-state index is -3.70. The molecule has 34 heavy (non-hydrogen) atoms. The Hall–Kier alpha value is -3.04. The summed E-state index contributed by atoms with van der Waals surface area (Å²) in [6.45, 7) is 0. The lowest BCUT2D eigenvalue weighted by atomic mass is 10.00. The average molecular weight is 520 g/mol. The van der Waals surface area contributed by atoms with Gasteiger partial charge < -0.3 is 4.18 Å². The van der Waals surface area contributed by atoms with Crippen molar-refractivity contribution in [2.24, 2.45) is 0 Å². The molecule has 0 aliphatic carbocycles. The van der Waals surface area contributed by atoms with Gasteiger partial charge in [0, 0.05) is 42.2 Å². The molecule has 0 N–H and O–H groups in total. The molecule has 0 aliphatic heterocycles. The average Bonchev–Trinajstić information content (AvgIpc) is 3.53. The molecule has 6 aromatic rings. The Bertz CT molecular complexity index is 1760. The quantitative estimate of drug-likeness (QED) is 0.217. The van der Waals surface area contributed by atoms with Crippen LogP contribution in [0.1, 0.15) is 0 Å². The lowest BCUT2D eigenvalue weighted by Crippen LogP contribution is -2.05. The van der Waals surface area contributed by atoms with Gasteiger partial charge in [-0.25, -0.2) is 4.98 Å². The SMILES string of the molecule is CS(=O)(=O)Oc1sc2ccccc2c1-c1c(-c2csc(-c3ccccc3)n2)sc2ccccc12. The molecule has 8 heteroatoms. The number of benzene rings is 3. The summed E-state index contributed by atoms with van der Waals surface area (Å²) in [5.74, 6) is 0. The predicted molar refractivity (Wildman–Crippen MR) is 145 cm³/mol. The number of aromatic nitrogens is 1. The molecule has 0 aliphatic rings. The highest BCUT2D eigenvalue weighted by molar-refractivity contribution is 7.86. The Morgan fingerprint density at radius 3 is 2.09 bits per heavy atom. The van der Waals surface area contributed by atoms with E-state index in [0.717, 1.165) is 58.7 Å². The summed E-state index contributed by atoms with van der Waals surface area (Å²) in [6.07, 6.45) is 1.08. The van der Waals surface area contributed by atoms with E-state index in [1.54, 1.807) is 22.7 Å². The molecule has 3 aromatic heterocycles. The van der Waals surface area contributed by atoms with Crippen molar-refractivity contribution in [3.05, 3.63) is 84.2 Å². The molecule has 0 spiro atoms. The van der Waals surface area contributed by atoms with Crippen LogP contribution < -0.4 is 4.18 Å². The van der Waals surface area contributed by atoms with Gasteiger partial charge in [0.15, 0.2) is 0 Å². The van der Waals surface area contributed by atoms with Crippen LogP contribution in [0.5, 0.6) is 5.06 Å². The number of hydrogen-bond donors (Lipinski definition) is 0. The van der Waals surface area contributed by atoms with Crippen LogP contribution in [0.4, 0.5) is 0 Å². The molecule has 3 aromatic carbocycles. The maximum atomic E-state index is 12.2. The number of nitrogens with zero attached hydrogens (tertiary/aromatic N) is 1. The lowest BCUT2D eigenvalue weighted by Gasteiger charge is -2.07. The van der Waals surface area contributed by atoms with Crippen LogP contribution in [0.25, 0.3) is 52.4 Å². The molecule has 0 radical (unpaired) electrons. The molecule has 0 fully saturated rings. The molecule has 4 nitrogen and oxygen atoms in total. The first-order valence-corrected chi connectivity index (χ1v) is 14.7. The van der Waals surface area contributed by atoms with Gasteiger partial charge >= 0.3 is 10.1 Å². The van der Waals surface area contributed by atoms with Gasteiger partial charge in [0.1, 0.15) is 5.01 Å². The molecule has 0 saturated heterocycles. The highest BCUT2D eigenvalue weighted by atomic mass is 32.2. The molecule has 0 saturated carbocycles. The Labute approximate surface area is 208 Å². The van der Waals surface area contributed by atoms with Crippen LogP contribution in [0.2, 0.25) is 0 Å². The summed E-state index contributed by atoms with van der Waals surface area (Å²) >= 11 is 4.61. The fourth-order valence-corrected chi connectivity index (χ4v) is 7.89. The summed E-state index contributed by atoms with van der Waals surface area (Å²) in [5, 5.41) is 5.42. The second-order valence-electron chi connectivity index (χ2n) is 7.75. The Kier molecular flexibility index (Phi) is 5.26. The summed E-state index contributed by atoms with van der Waals surface area (Å²) in [7, 11) is -3.70. The van der Waals surface area contributed by atoms with Gasteiger partial charge in [0.05, 0.1) is 16.8 Å². The Morgan fingerprint density at radius 2 is 1.38 bits per heavy atom. The molecular formula is C26H17NO3S4. The van der Waals surface area contributed by atoms with Crippen molar-refractivity contribution in [2.75, 3.05) is 6.26 Å². The summed E-state index contributed by atoms with van der Waals surface area (Å²) < 4.78 is 31.9. The topological polar surface area (TPSA) is 56.3 Å². The van der Waals surface area contributed by atoms with E-state index < -0.39 is 10.1 Å². The van der Waals surface area contributed by atoms with Crippen LogP contribution in [0.15, 0.2) is 84.2 Å². The number of fused-ring (bicyclic) bond motifs is 2. The minimum absolute atomic E-state index is 0.381. The predicted octanol–water partition coefficient (Wildman–Crippen LogP) is 7.91. The molecule has 0 amide bonds. The third-order valence-electron chi connectivity index (χ3n) is 5.39. The number of rotatable bonds is 5. The summed E-state index contributed by atoms with van der Waals surface area (Å²) in [6, 6.07) is 26.2. The van der Waals surface area contributed by atoms with Crippen molar-refractivity contribution in [3.8, 4) is 37.3 Å². The molecule has 168 valence electrons. The molecule has 0 unspecified atom stereocenters. The molecule has 0 atom stereocenters. The zero-order valence-corrected chi connectivity index (χ0v) is 21.2. The molecule has 6 rings (SSSR count). The van der Waals surface area contributed by atoms with Crippen LogP contribution in [0.3, 0.4) is 0 Å². The zero-order valence-electron chi connectivity index (χ0n) is 17.9. The fraction of sp³-hybridized carbons (Fsp3) is 0.0385. The van der Waals surface area contributed by atoms with Gasteiger partial charge in [-0.2, -0.15) is 8.42 Å². The van der Waals surface area contributed by atoms with Gasteiger partial charge in [-0.05, 0) is 12.1 Å². The van der Waals surface area contributed by atoms with Gasteiger partial charge in [-0.1, -0.05) is 78.1 Å². The first kappa shape index (κ1) is 21.5. The van der Waals surface area contributed by atoms with E-state index in [2.05, 4.69) is 29.6 Å². The fourth-order valence-electron chi connectivity index (χ4n) is 4.02. The van der Waals surface area contributed by atoms with Crippen molar-refractivity contribution in [3.63, 3.8) is 0 Å². The van der Waals surface area contributed by atoms with Gasteiger partial charge in [0.2, 0.25) is 5.06 Å². The number of thiophene rings is 2. The second-order valence-corrected chi connectivity index (χ2v) is 12.3. The standard InChI is InChI=1S/C26H17NO3S4/c1-34(28,29)30-26-23(18-12-6-8-14-21(18)33-26)22-17-11-5-7-13-20(17)32-24(22)19-15-31-25(27-19)16-9-3-2-4-10-16/h2-15H,1H3. The van der Waals surface area contributed by atoms with Crippen molar-refractivity contribution in [1.29, 1.82) is 0 Å². The Morgan fingerprint density at radius 1 is 0.765 bits per heavy atom. The maximum Gasteiger partial charge on any atom is 0.307 e. The third-order valence-corrected chi connectivity index (χ3v) is 9.10. The van der Waals surface area contributed by atoms with E-state index in [1.165, 1.54) is 11.3 Å². The van der Waals surface area contributed by atoms with E-state index in [9.17, 15) is 8.42 Å². The normalized spacial score (nSPS) is 11.9. The highest BCUT2D eigenvalue weighted by Gasteiger charge is 2.26. The second kappa shape index (κ2) is 8.32. The lowest BCUT2D eigenvalue weighted by molar-refractivity contribution is 0.500.